The van der Waals surface area contributed by atoms with Gasteiger partial charge < -0.3 is 0 Å². The van der Waals surface area contributed by atoms with Gasteiger partial charge in [0.25, 0.3) is 0 Å². The molecule has 1 N–H and O–H groups in total. The molecule has 32 heavy (non-hydrogen) atoms. The Kier molecular flexibility index (Phi) is 4.86. The third-order valence-electron chi connectivity index (χ3n) is 5.93. The number of likely N-dealkylation sites (tertiary alicyclic amines) is 1. The summed E-state index contributed by atoms with van der Waals surface area (Å²) in [5.41, 5.74) is 3.48. The van der Waals surface area contributed by atoms with Gasteiger partial charge >= 0.3 is 0 Å². The first-order valence-corrected chi connectivity index (χ1v) is 10.4. The standard InChI is InChI=1S/C25H20N4O3/c1-15(30)29-22-5-3-2-4-19(22)23(25(29)32)24(31)17-7-8-18-20(27-28-21(18)14-17)9-6-16-10-12-26-13-11-16/h2-3,5-14,19,23H,4H2,1H3,(H,27,28)/b9-6+. The van der Waals surface area contributed by atoms with Gasteiger partial charge in [-0.25, -0.2) is 0 Å². The lowest BCUT2D eigenvalue weighted by Crippen LogP contribution is -2.33. The number of imide groups is 1. The van der Waals surface area contributed by atoms with Crippen LogP contribution in [0.25, 0.3) is 23.1 Å². The van der Waals surface area contributed by atoms with Crippen molar-refractivity contribution in [2.75, 3.05) is 0 Å². The molecule has 5 rings (SSSR count). The van der Waals surface area contributed by atoms with Crippen LogP contribution in [0.1, 0.15) is 35.0 Å². The number of carbonyl (C=O) groups excluding carboxylic acids is 3. The van der Waals surface area contributed by atoms with Crippen LogP contribution in [0.2, 0.25) is 0 Å². The van der Waals surface area contributed by atoms with Gasteiger partial charge in [0.1, 0.15) is 5.92 Å². The van der Waals surface area contributed by atoms with Crippen molar-refractivity contribution in [3.63, 3.8) is 0 Å². The second kappa shape index (κ2) is 7.85. The van der Waals surface area contributed by atoms with E-state index in [2.05, 4.69) is 15.2 Å². The number of ketones is 1. The predicted molar refractivity (Wildman–Crippen MR) is 120 cm³/mol. The van der Waals surface area contributed by atoms with Crippen molar-refractivity contribution in [1.29, 1.82) is 0 Å². The molecule has 0 radical (unpaired) electrons. The molecule has 3 heterocycles. The highest BCUT2D eigenvalue weighted by Gasteiger charge is 2.49. The average molecular weight is 424 g/mol. The number of benzene rings is 1. The number of rotatable bonds is 4. The smallest absolute Gasteiger partial charge is 0.245 e. The zero-order chi connectivity index (χ0) is 22.2. The van der Waals surface area contributed by atoms with Crippen molar-refractivity contribution in [2.24, 2.45) is 11.8 Å². The first-order valence-electron chi connectivity index (χ1n) is 10.4. The Hall–Kier alpha value is -4.13. The zero-order valence-corrected chi connectivity index (χ0v) is 17.4. The van der Waals surface area contributed by atoms with Crippen LogP contribution in [0, 0.1) is 11.8 Å². The van der Waals surface area contributed by atoms with Gasteiger partial charge in [0, 0.05) is 41.9 Å². The monoisotopic (exact) mass is 424 g/mol. The van der Waals surface area contributed by atoms with Crippen LogP contribution in [0.3, 0.4) is 0 Å². The highest BCUT2D eigenvalue weighted by Crippen LogP contribution is 2.40. The van der Waals surface area contributed by atoms with Gasteiger partial charge in [-0.05, 0) is 48.4 Å². The molecule has 0 saturated carbocycles. The van der Waals surface area contributed by atoms with Gasteiger partial charge in [0.15, 0.2) is 5.78 Å². The number of allylic oxidation sites excluding steroid dienone is 4. The Morgan fingerprint density at radius 2 is 1.97 bits per heavy atom. The number of hydrogen-bond donors (Lipinski definition) is 1. The Morgan fingerprint density at radius 1 is 1.16 bits per heavy atom. The number of fused-ring (bicyclic) bond motifs is 2. The van der Waals surface area contributed by atoms with Crippen LogP contribution in [-0.4, -0.2) is 37.7 Å². The second-order valence-corrected chi connectivity index (χ2v) is 7.88. The zero-order valence-electron chi connectivity index (χ0n) is 17.4. The second-order valence-electron chi connectivity index (χ2n) is 7.88. The summed E-state index contributed by atoms with van der Waals surface area (Å²) in [5.74, 6) is -2.32. The molecule has 2 amide bonds. The van der Waals surface area contributed by atoms with E-state index in [9.17, 15) is 14.4 Å². The molecule has 7 nitrogen and oxygen atoms in total. The molecule has 3 aromatic rings. The van der Waals surface area contributed by atoms with Crippen LogP contribution >= 0.6 is 0 Å². The van der Waals surface area contributed by atoms with Crippen molar-refractivity contribution in [3.8, 4) is 0 Å². The SMILES string of the molecule is CC(=O)N1C(=O)C(C(=O)c2ccc3c(/C=C/c4ccncc4)n[nH]c3c2)C2CC=CC=C21. The highest BCUT2D eigenvalue weighted by molar-refractivity contribution is 6.16. The number of nitrogens with zero attached hydrogens (tertiary/aromatic N) is 3. The molecular formula is C25H20N4O3. The van der Waals surface area contributed by atoms with Crippen LogP contribution in [-0.2, 0) is 9.59 Å². The molecule has 0 spiro atoms. The molecule has 158 valence electrons. The van der Waals surface area contributed by atoms with Crippen LogP contribution in [0.15, 0.2) is 66.7 Å². The molecule has 0 bridgehead atoms. The van der Waals surface area contributed by atoms with E-state index in [0.717, 1.165) is 21.5 Å². The minimum atomic E-state index is -0.901. The third kappa shape index (κ3) is 3.28. The van der Waals surface area contributed by atoms with Crippen LogP contribution < -0.4 is 0 Å². The Labute approximate surface area is 184 Å². The van der Waals surface area contributed by atoms with E-state index in [1.54, 1.807) is 30.6 Å². The molecular weight excluding hydrogens is 404 g/mol. The molecule has 2 unspecified atom stereocenters. The summed E-state index contributed by atoms with van der Waals surface area (Å²) in [6, 6.07) is 9.07. The molecule has 7 heteroatoms. The minimum absolute atomic E-state index is 0.282. The lowest BCUT2D eigenvalue weighted by Gasteiger charge is -2.19. The van der Waals surface area contributed by atoms with Gasteiger partial charge in [-0.3, -0.25) is 29.4 Å². The topological polar surface area (TPSA) is 96.0 Å². The van der Waals surface area contributed by atoms with Crippen molar-refractivity contribution in [3.05, 3.63) is 83.5 Å². The summed E-state index contributed by atoms with van der Waals surface area (Å²) in [6.45, 7) is 1.35. The van der Waals surface area contributed by atoms with Crippen molar-refractivity contribution in [1.82, 2.24) is 20.1 Å². The molecule has 1 aliphatic carbocycles. The number of Topliss-reactive ketones (excluding diaryl/α,β-unsaturated/α-hetero) is 1. The van der Waals surface area contributed by atoms with Crippen molar-refractivity contribution >= 4 is 40.7 Å². The summed E-state index contributed by atoms with van der Waals surface area (Å²) in [6.07, 6.45) is 13.3. The normalized spacial score (nSPS) is 20.1. The van der Waals surface area contributed by atoms with Gasteiger partial charge in [0.05, 0.1) is 11.2 Å². The van der Waals surface area contributed by atoms with E-state index >= 15 is 0 Å². The lowest BCUT2D eigenvalue weighted by molar-refractivity contribution is -0.139. The Balaban J connectivity index is 1.45. The number of H-pyrrole nitrogens is 1. The van der Waals surface area contributed by atoms with E-state index in [1.165, 1.54) is 6.92 Å². The number of nitrogens with one attached hydrogen (secondary N) is 1. The molecule has 2 aromatic heterocycles. The van der Waals surface area contributed by atoms with E-state index < -0.39 is 11.8 Å². The third-order valence-corrected chi connectivity index (χ3v) is 5.93. The number of carbonyl (C=O) groups is 3. The molecule has 1 aromatic carbocycles. The molecule has 2 aliphatic rings. The maximum atomic E-state index is 13.4. The summed E-state index contributed by atoms with van der Waals surface area (Å²) in [7, 11) is 0. The summed E-state index contributed by atoms with van der Waals surface area (Å²) < 4.78 is 0. The summed E-state index contributed by atoms with van der Waals surface area (Å²) in [4.78, 5) is 43.6. The number of aromatic nitrogens is 3. The maximum Gasteiger partial charge on any atom is 0.245 e. The fourth-order valence-electron chi connectivity index (χ4n) is 4.40. The van der Waals surface area contributed by atoms with Gasteiger partial charge in [-0.15, -0.1) is 0 Å². The van der Waals surface area contributed by atoms with E-state index in [4.69, 9.17) is 0 Å². The van der Waals surface area contributed by atoms with Crippen molar-refractivity contribution < 1.29 is 14.4 Å². The predicted octanol–water partition coefficient (Wildman–Crippen LogP) is 3.78. The minimum Gasteiger partial charge on any atom is -0.293 e. The average Bonchev–Trinajstić information content (AvgIpc) is 3.35. The van der Waals surface area contributed by atoms with Crippen LogP contribution in [0.4, 0.5) is 0 Å². The quantitative estimate of drug-likeness (QED) is 0.508. The lowest BCUT2D eigenvalue weighted by atomic mass is 9.83. The number of aromatic amines is 1. The van der Waals surface area contributed by atoms with E-state index in [-0.39, 0.29) is 17.6 Å². The molecule has 1 fully saturated rings. The van der Waals surface area contributed by atoms with Gasteiger partial charge in [0.2, 0.25) is 11.8 Å². The fourth-order valence-corrected chi connectivity index (χ4v) is 4.40. The number of amides is 2. The van der Waals surface area contributed by atoms with E-state index in [0.29, 0.717) is 23.2 Å². The maximum absolute atomic E-state index is 13.4. The first kappa shape index (κ1) is 19.8. The number of pyridine rings is 1. The molecule has 1 saturated heterocycles. The fraction of sp³-hybridized carbons (Fsp3) is 0.160. The molecule has 1 aliphatic heterocycles. The van der Waals surface area contributed by atoms with Gasteiger partial charge in [-0.1, -0.05) is 24.3 Å². The van der Waals surface area contributed by atoms with E-state index in [1.807, 2.05) is 42.5 Å². The number of hydrogen-bond acceptors (Lipinski definition) is 5. The highest BCUT2D eigenvalue weighted by atomic mass is 16.2. The van der Waals surface area contributed by atoms with Gasteiger partial charge in [-0.2, -0.15) is 5.10 Å². The first-order chi connectivity index (χ1) is 15.5. The Bertz CT molecular complexity index is 1330. The summed E-state index contributed by atoms with van der Waals surface area (Å²) in [5, 5.41) is 8.19. The van der Waals surface area contributed by atoms with Crippen LogP contribution in [0.5, 0.6) is 0 Å². The molecule has 2 atom stereocenters. The van der Waals surface area contributed by atoms with Crippen molar-refractivity contribution in [2.45, 2.75) is 13.3 Å². The Morgan fingerprint density at radius 3 is 2.75 bits per heavy atom. The summed E-state index contributed by atoms with van der Waals surface area (Å²) >= 11 is 0. The largest absolute Gasteiger partial charge is 0.293 e.